The zero-order valence-electron chi connectivity index (χ0n) is 22.1. The summed E-state index contributed by atoms with van der Waals surface area (Å²) in [5.74, 6) is -0.868. The number of halogens is 1. The third kappa shape index (κ3) is 3.73. The molecular weight excluding hydrogens is 552 g/mol. The molecule has 0 saturated carbocycles. The number of nitrogens with zero attached hydrogens (tertiary/aromatic N) is 5. The highest BCUT2D eigenvalue weighted by molar-refractivity contribution is 6.36. The van der Waals surface area contributed by atoms with Crippen molar-refractivity contribution >= 4 is 50.6 Å². The van der Waals surface area contributed by atoms with Crippen LogP contribution in [0.15, 0.2) is 83.8 Å². The van der Waals surface area contributed by atoms with E-state index < -0.39 is 17.4 Å². The van der Waals surface area contributed by atoms with E-state index in [9.17, 15) is 14.4 Å². The molecule has 0 aliphatic carbocycles. The second-order valence-corrected chi connectivity index (χ2v) is 10.4. The number of benzene rings is 4. The molecule has 2 aromatic heterocycles. The number of nitrogens with one attached hydrogen (secondary N) is 1. The average Bonchev–Trinajstić information content (AvgIpc) is 3.50. The highest BCUT2D eigenvalue weighted by atomic mass is 35.5. The molecule has 2 amide bonds. The van der Waals surface area contributed by atoms with E-state index in [0.717, 1.165) is 15.7 Å². The van der Waals surface area contributed by atoms with E-state index in [4.69, 9.17) is 18.2 Å². The van der Waals surface area contributed by atoms with Crippen molar-refractivity contribution in [3.63, 3.8) is 0 Å². The van der Waals surface area contributed by atoms with Crippen LogP contribution in [0.25, 0.3) is 48.8 Å². The maximum Gasteiger partial charge on any atom is 0.273 e. The summed E-state index contributed by atoms with van der Waals surface area (Å²) in [6, 6.07) is 21.6. The van der Waals surface area contributed by atoms with Gasteiger partial charge in [0.2, 0.25) is 5.69 Å². The van der Waals surface area contributed by atoms with Crippen LogP contribution in [0.5, 0.6) is 0 Å². The number of rotatable bonds is 4. The van der Waals surface area contributed by atoms with Crippen LogP contribution in [0.1, 0.15) is 26.4 Å². The predicted molar refractivity (Wildman–Crippen MR) is 159 cm³/mol. The summed E-state index contributed by atoms with van der Waals surface area (Å²) in [7, 11) is 1.80. The summed E-state index contributed by atoms with van der Waals surface area (Å²) in [5, 5.41) is 13.7. The fourth-order valence-corrected chi connectivity index (χ4v) is 5.95. The number of hydrogen-bond acceptors (Lipinski definition) is 5. The minimum absolute atomic E-state index is 0.161. The van der Waals surface area contributed by atoms with Gasteiger partial charge in [0.25, 0.3) is 17.4 Å². The molecule has 3 heterocycles. The Morgan fingerprint density at radius 2 is 1.60 bits per heavy atom. The Hall–Kier alpha value is -5.59. The molecule has 0 fully saturated rings. The summed E-state index contributed by atoms with van der Waals surface area (Å²) >= 11 is 6.71. The van der Waals surface area contributed by atoms with Crippen LogP contribution in [0.3, 0.4) is 0 Å². The number of fused-ring (bicyclic) bond motifs is 3. The monoisotopic (exact) mass is 570 g/mol. The Morgan fingerprint density at radius 3 is 2.33 bits per heavy atom. The summed E-state index contributed by atoms with van der Waals surface area (Å²) in [6.45, 7) is 7.80. The zero-order chi connectivity index (χ0) is 29.1. The molecule has 0 radical (unpaired) electrons. The van der Waals surface area contributed by atoms with Gasteiger partial charge in [0.15, 0.2) is 0 Å². The van der Waals surface area contributed by atoms with E-state index in [-0.39, 0.29) is 17.0 Å². The molecule has 6 aromatic rings. The third-order valence-corrected chi connectivity index (χ3v) is 7.92. The third-order valence-electron chi connectivity index (χ3n) is 7.62. The number of aryl methyl sites for hydroxylation is 1. The first-order chi connectivity index (χ1) is 20.4. The van der Waals surface area contributed by atoms with Crippen molar-refractivity contribution in [2.24, 2.45) is 7.05 Å². The van der Waals surface area contributed by atoms with E-state index >= 15 is 0 Å². The normalized spacial score (nSPS) is 12.7. The van der Waals surface area contributed by atoms with Crippen molar-refractivity contribution in [2.75, 3.05) is 0 Å². The van der Waals surface area contributed by atoms with E-state index in [1.807, 2.05) is 36.4 Å². The Bertz CT molecular complexity index is 2210. The Balaban J connectivity index is 1.40. The van der Waals surface area contributed by atoms with Crippen LogP contribution in [0.2, 0.25) is 5.02 Å². The van der Waals surface area contributed by atoms with Gasteiger partial charge in [-0.2, -0.15) is 10.2 Å². The molecule has 1 N–H and O–H groups in total. The molecule has 0 saturated heterocycles. The molecule has 7 rings (SSSR count). The van der Waals surface area contributed by atoms with Crippen LogP contribution in [-0.2, 0) is 13.6 Å². The minimum atomic E-state index is -0.496. The first-order valence-corrected chi connectivity index (χ1v) is 13.3. The molecule has 0 unspecified atom stereocenters. The number of H-pyrrole nitrogens is 1. The number of carbonyl (C=O) groups is 2. The smallest absolute Gasteiger partial charge is 0.269 e. The van der Waals surface area contributed by atoms with Gasteiger partial charge in [0, 0.05) is 23.6 Å². The van der Waals surface area contributed by atoms with E-state index in [1.165, 1.54) is 0 Å². The van der Waals surface area contributed by atoms with Crippen molar-refractivity contribution in [3.8, 4) is 22.4 Å². The second kappa shape index (κ2) is 9.51. The van der Waals surface area contributed by atoms with E-state index in [0.29, 0.717) is 50.3 Å². The summed E-state index contributed by atoms with van der Waals surface area (Å²) < 4.78 is 1.70. The van der Waals surface area contributed by atoms with Crippen molar-refractivity contribution < 1.29 is 9.59 Å². The van der Waals surface area contributed by atoms with Gasteiger partial charge in [0.05, 0.1) is 52.2 Å². The van der Waals surface area contributed by atoms with Gasteiger partial charge in [-0.15, -0.1) is 0 Å². The molecule has 42 heavy (non-hydrogen) atoms. The van der Waals surface area contributed by atoms with Crippen LogP contribution in [-0.4, -0.2) is 36.7 Å². The molecule has 202 valence electrons. The minimum Gasteiger partial charge on any atom is -0.269 e. The van der Waals surface area contributed by atoms with Gasteiger partial charge >= 0.3 is 0 Å². The molecule has 0 bridgehead atoms. The topological polar surface area (TPSA) is 105 Å². The number of amides is 2. The molecule has 0 spiro atoms. The van der Waals surface area contributed by atoms with Crippen molar-refractivity contribution in [2.45, 2.75) is 6.54 Å². The molecule has 4 aromatic carbocycles. The zero-order valence-corrected chi connectivity index (χ0v) is 22.8. The van der Waals surface area contributed by atoms with Crippen molar-refractivity contribution in [1.82, 2.24) is 24.9 Å². The lowest BCUT2D eigenvalue weighted by molar-refractivity contribution is 0.0640. The van der Waals surface area contributed by atoms with Gasteiger partial charge in [-0.3, -0.25) is 24.0 Å². The number of carbonyl (C=O) groups excluding carboxylic acids is 2. The summed E-state index contributed by atoms with van der Waals surface area (Å²) in [5.41, 5.74) is 3.66. The average molecular weight is 571 g/mol. The largest absolute Gasteiger partial charge is 0.273 e. The SMILES string of the molecule is [C-]#[N+]c1c(-c2c(-c3cc(Cl)c4c(=O)[nH]nc(CN5C(=O)c6ccccc6C5=O)c4c3)cnn2C)ccc2ccccc12. The molecule has 0 atom stereocenters. The quantitative estimate of drug-likeness (QED) is 0.202. The Kier molecular flexibility index (Phi) is 5.75. The van der Waals surface area contributed by atoms with Gasteiger partial charge in [0.1, 0.15) is 0 Å². The van der Waals surface area contributed by atoms with Crippen molar-refractivity contribution in [1.29, 1.82) is 0 Å². The fourth-order valence-electron chi connectivity index (χ4n) is 5.64. The van der Waals surface area contributed by atoms with E-state index in [2.05, 4.69) is 20.1 Å². The fraction of sp³-hybridized carbons (Fsp3) is 0.0625. The molecule has 10 heteroatoms. The molecular formula is C32H19ClN6O3. The lowest BCUT2D eigenvalue weighted by Crippen LogP contribution is -2.30. The number of hydrogen-bond donors (Lipinski definition) is 1. The van der Waals surface area contributed by atoms with Gasteiger partial charge < -0.3 is 0 Å². The van der Waals surface area contributed by atoms with Gasteiger partial charge in [-0.1, -0.05) is 60.1 Å². The maximum atomic E-state index is 13.1. The van der Waals surface area contributed by atoms with Crippen LogP contribution < -0.4 is 5.56 Å². The molecule has 1 aliphatic heterocycles. The lowest BCUT2D eigenvalue weighted by Gasteiger charge is -2.16. The van der Waals surface area contributed by atoms with E-state index in [1.54, 1.807) is 54.3 Å². The first-order valence-electron chi connectivity index (χ1n) is 13.0. The second-order valence-electron chi connectivity index (χ2n) is 9.95. The lowest BCUT2D eigenvalue weighted by atomic mass is 9.95. The Morgan fingerprint density at radius 1 is 0.881 bits per heavy atom. The van der Waals surface area contributed by atoms with Gasteiger partial charge in [-0.05, 0) is 40.6 Å². The number of imide groups is 1. The van der Waals surface area contributed by atoms with Crippen LogP contribution >= 0.6 is 11.6 Å². The van der Waals surface area contributed by atoms with Gasteiger partial charge in [-0.25, -0.2) is 9.94 Å². The van der Waals surface area contributed by atoms with Crippen LogP contribution in [0, 0.1) is 6.57 Å². The molecule has 1 aliphatic rings. The highest BCUT2D eigenvalue weighted by Gasteiger charge is 2.36. The van der Waals surface area contributed by atoms with Crippen molar-refractivity contribution in [3.05, 3.63) is 123 Å². The number of aromatic amines is 1. The Labute approximate surface area is 243 Å². The first kappa shape index (κ1) is 25.4. The molecule has 9 nitrogen and oxygen atoms in total. The number of aromatic nitrogens is 4. The standard InChI is InChI=1S/C32H19ClN6O3/c1-34-28-19-8-4-3-7-17(19)11-12-22(28)29-24(15-35-38(29)2)18-13-23-26(36-37-30(40)27(23)25(33)14-18)16-39-31(41)20-9-5-6-10-21(20)32(39)42/h3-15H,16H2,2H3,(H,37,40). The summed E-state index contributed by atoms with van der Waals surface area (Å²) in [6.07, 6.45) is 1.68. The summed E-state index contributed by atoms with van der Waals surface area (Å²) in [4.78, 5) is 44.0. The highest BCUT2D eigenvalue weighted by Crippen LogP contribution is 2.42. The predicted octanol–water partition coefficient (Wildman–Crippen LogP) is 6.14. The van der Waals surface area contributed by atoms with Crippen LogP contribution in [0.4, 0.5) is 5.69 Å². The maximum absolute atomic E-state index is 13.1.